The smallest absolute Gasteiger partial charge is 0.328 e. The summed E-state index contributed by atoms with van der Waals surface area (Å²) in [5, 5.41) is 15.6. The molecule has 0 aromatic heterocycles. The van der Waals surface area contributed by atoms with Crippen molar-refractivity contribution in [2.75, 3.05) is 0 Å². The second kappa shape index (κ2) is 7.54. The van der Waals surface area contributed by atoms with Gasteiger partial charge in [0.05, 0.1) is 0 Å². The first kappa shape index (κ1) is 11.9. The molecule has 0 aliphatic rings. The first-order valence-corrected chi connectivity index (χ1v) is 3.77. The fourth-order valence-electron chi connectivity index (χ4n) is 0.527. The van der Waals surface area contributed by atoms with Gasteiger partial charge in [-0.25, -0.2) is 9.59 Å². The van der Waals surface area contributed by atoms with Crippen LogP contribution in [0.2, 0.25) is 0 Å². The predicted molar refractivity (Wildman–Crippen MR) is 50.9 cm³/mol. The molecule has 0 radical (unpaired) electrons. The maximum absolute atomic E-state index is 9.55. The molecule has 4 heteroatoms. The van der Waals surface area contributed by atoms with Crippen molar-refractivity contribution < 1.29 is 19.8 Å². The third kappa shape index (κ3) is 9.90. The lowest BCUT2D eigenvalue weighted by Crippen LogP contribution is -1.91. The zero-order valence-corrected chi connectivity index (χ0v) is 7.33. The van der Waals surface area contributed by atoms with Crippen molar-refractivity contribution in [3.05, 3.63) is 48.6 Å². The molecule has 0 unspecified atom stereocenters. The Morgan fingerprint density at radius 3 is 1.07 bits per heavy atom. The van der Waals surface area contributed by atoms with Gasteiger partial charge in [0.25, 0.3) is 0 Å². The molecule has 0 fully saturated rings. The highest BCUT2D eigenvalue weighted by Gasteiger charge is 1.88. The summed E-state index contributed by atoms with van der Waals surface area (Å²) in [6, 6.07) is 12.0. The fraction of sp³-hybridized carbons (Fsp3) is 0. The van der Waals surface area contributed by atoms with E-state index in [1.807, 2.05) is 36.4 Å². The van der Waals surface area contributed by atoms with Gasteiger partial charge in [0, 0.05) is 12.2 Å². The lowest BCUT2D eigenvalue weighted by molar-refractivity contribution is -0.134. The molecule has 0 atom stereocenters. The van der Waals surface area contributed by atoms with Gasteiger partial charge in [-0.2, -0.15) is 0 Å². The SMILES string of the molecule is O=C(O)C=CC(=O)O.c1ccccc1. The lowest BCUT2D eigenvalue weighted by atomic mass is 10.4. The van der Waals surface area contributed by atoms with E-state index in [0.717, 1.165) is 0 Å². The van der Waals surface area contributed by atoms with E-state index in [9.17, 15) is 9.59 Å². The molecule has 2 N–H and O–H groups in total. The Hall–Kier alpha value is -2.10. The highest BCUT2D eigenvalue weighted by molar-refractivity contribution is 5.89. The summed E-state index contributed by atoms with van der Waals surface area (Å²) in [4.78, 5) is 19.1. The number of hydrogen-bond acceptors (Lipinski definition) is 2. The highest BCUT2D eigenvalue weighted by atomic mass is 16.4. The summed E-state index contributed by atoms with van der Waals surface area (Å²) < 4.78 is 0. The molecule has 0 bridgehead atoms. The molecule has 1 rings (SSSR count). The molecule has 1 aromatic carbocycles. The van der Waals surface area contributed by atoms with E-state index < -0.39 is 11.9 Å². The van der Waals surface area contributed by atoms with Crippen molar-refractivity contribution in [2.45, 2.75) is 0 Å². The van der Waals surface area contributed by atoms with Crippen LogP contribution in [0.5, 0.6) is 0 Å². The van der Waals surface area contributed by atoms with E-state index >= 15 is 0 Å². The van der Waals surface area contributed by atoms with Crippen molar-refractivity contribution in [3.63, 3.8) is 0 Å². The summed E-state index contributed by atoms with van der Waals surface area (Å²) in [5.41, 5.74) is 0. The number of rotatable bonds is 2. The average molecular weight is 194 g/mol. The number of benzene rings is 1. The minimum atomic E-state index is -1.26. The minimum absolute atomic E-state index is 0.558. The van der Waals surface area contributed by atoms with Crippen LogP contribution in [0.4, 0.5) is 0 Å². The topological polar surface area (TPSA) is 74.6 Å². The highest BCUT2D eigenvalue weighted by Crippen LogP contribution is 1.79. The van der Waals surface area contributed by atoms with E-state index in [-0.39, 0.29) is 0 Å². The molecular weight excluding hydrogens is 184 g/mol. The van der Waals surface area contributed by atoms with Crippen LogP contribution in [0.25, 0.3) is 0 Å². The van der Waals surface area contributed by atoms with Crippen LogP contribution in [-0.4, -0.2) is 22.2 Å². The molecule has 0 amide bonds. The quantitative estimate of drug-likeness (QED) is 0.698. The molecule has 0 aliphatic carbocycles. The van der Waals surface area contributed by atoms with Crippen LogP contribution >= 0.6 is 0 Å². The summed E-state index contributed by atoms with van der Waals surface area (Å²) in [5.74, 6) is -2.51. The Morgan fingerprint density at radius 2 is 0.929 bits per heavy atom. The number of carbonyl (C=O) groups is 2. The molecule has 0 spiro atoms. The summed E-state index contributed by atoms with van der Waals surface area (Å²) in [6.07, 6.45) is 1.12. The maximum Gasteiger partial charge on any atom is 0.328 e. The maximum atomic E-state index is 9.55. The van der Waals surface area contributed by atoms with Gasteiger partial charge in [-0.1, -0.05) is 36.4 Å². The first-order valence-electron chi connectivity index (χ1n) is 3.77. The number of hydrogen-bond donors (Lipinski definition) is 2. The standard InChI is InChI=1S/C6H6.C4H4O4/c1-2-4-6-5-3-1;5-3(6)1-2-4(7)8/h1-6H;1-2H,(H,5,6)(H,7,8). The van der Waals surface area contributed by atoms with Crippen LogP contribution in [-0.2, 0) is 9.59 Å². The van der Waals surface area contributed by atoms with Gasteiger partial charge < -0.3 is 10.2 Å². The molecule has 0 aliphatic heterocycles. The van der Waals surface area contributed by atoms with Crippen LogP contribution in [0.1, 0.15) is 0 Å². The van der Waals surface area contributed by atoms with Crippen molar-refractivity contribution in [1.82, 2.24) is 0 Å². The summed E-state index contributed by atoms with van der Waals surface area (Å²) >= 11 is 0. The van der Waals surface area contributed by atoms with E-state index in [4.69, 9.17) is 10.2 Å². The van der Waals surface area contributed by atoms with Crippen LogP contribution in [0.3, 0.4) is 0 Å². The predicted octanol–water partition coefficient (Wildman–Crippen LogP) is 1.40. The number of aliphatic carboxylic acids is 2. The monoisotopic (exact) mass is 194 g/mol. The van der Waals surface area contributed by atoms with Gasteiger partial charge in [-0.3, -0.25) is 0 Å². The zero-order chi connectivity index (χ0) is 10.8. The summed E-state index contributed by atoms with van der Waals surface area (Å²) in [7, 11) is 0. The summed E-state index contributed by atoms with van der Waals surface area (Å²) in [6.45, 7) is 0. The molecule has 0 heterocycles. The molecular formula is C10H10O4. The van der Waals surface area contributed by atoms with Gasteiger partial charge in [0.2, 0.25) is 0 Å². The molecule has 0 saturated carbocycles. The van der Waals surface area contributed by atoms with Crippen LogP contribution in [0.15, 0.2) is 48.6 Å². The Labute approximate surface area is 81.1 Å². The van der Waals surface area contributed by atoms with Crippen LogP contribution in [0, 0.1) is 0 Å². The second-order valence-corrected chi connectivity index (χ2v) is 2.16. The fourth-order valence-corrected chi connectivity index (χ4v) is 0.527. The zero-order valence-electron chi connectivity index (χ0n) is 7.33. The first-order chi connectivity index (χ1) is 6.63. The molecule has 4 nitrogen and oxygen atoms in total. The van der Waals surface area contributed by atoms with Gasteiger partial charge >= 0.3 is 11.9 Å². The molecule has 0 saturated heterocycles. The van der Waals surface area contributed by atoms with Crippen molar-refractivity contribution in [1.29, 1.82) is 0 Å². The third-order valence-electron chi connectivity index (χ3n) is 1.04. The Bertz CT molecular complexity index is 260. The van der Waals surface area contributed by atoms with E-state index in [0.29, 0.717) is 12.2 Å². The normalized spacial score (nSPS) is 8.86. The Balaban J connectivity index is 0.000000249. The van der Waals surface area contributed by atoms with Gasteiger partial charge in [0.15, 0.2) is 0 Å². The Morgan fingerprint density at radius 1 is 0.714 bits per heavy atom. The van der Waals surface area contributed by atoms with Crippen LogP contribution < -0.4 is 0 Å². The van der Waals surface area contributed by atoms with E-state index in [2.05, 4.69) is 0 Å². The van der Waals surface area contributed by atoms with E-state index in [1.54, 1.807) is 0 Å². The third-order valence-corrected chi connectivity index (χ3v) is 1.04. The largest absolute Gasteiger partial charge is 0.478 e. The van der Waals surface area contributed by atoms with E-state index in [1.165, 1.54) is 0 Å². The van der Waals surface area contributed by atoms with Gasteiger partial charge in [-0.05, 0) is 0 Å². The molecule has 1 aromatic rings. The average Bonchev–Trinajstić information content (AvgIpc) is 2.18. The number of carboxylic acids is 2. The molecule has 74 valence electrons. The van der Waals surface area contributed by atoms with Crippen molar-refractivity contribution in [2.24, 2.45) is 0 Å². The van der Waals surface area contributed by atoms with Gasteiger partial charge in [0.1, 0.15) is 0 Å². The van der Waals surface area contributed by atoms with Crippen molar-refractivity contribution in [3.8, 4) is 0 Å². The lowest BCUT2D eigenvalue weighted by Gasteiger charge is -1.74. The molecule has 14 heavy (non-hydrogen) atoms. The number of carboxylic acid groups (broad SMARTS) is 2. The second-order valence-electron chi connectivity index (χ2n) is 2.16. The van der Waals surface area contributed by atoms with Gasteiger partial charge in [-0.15, -0.1) is 0 Å². The minimum Gasteiger partial charge on any atom is -0.478 e. The van der Waals surface area contributed by atoms with Crippen molar-refractivity contribution >= 4 is 11.9 Å². The Kier molecular flexibility index (Phi) is 6.41.